The molecule has 1 unspecified atom stereocenters. The molecule has 0 aromatic heterocycles. The summed E-state index contributed by atoms with van der Waals surface area (Å²) >= 11 is 0. The van der Waals surface area contributed by atoms with E-state index >= 15 is 0 Å². The van der Waals surface area contributed by atoms with Crippen molar-refractivity contribution in [1.82, 2.24) is 4.90 Å². The Balaban J connectivity index is 2.08. The lowest BCUT2D eigenvalue weighted by atomic mass is 9.77. The smallest absolute Gasteiger partial charge is 0.324 e. The van der Waals surface area contributed by atoms with Crippen LogP contribution < -0.4 is 5.73 Å². The van der Waals surface area contributed by atoms with Crippen molar-refractivity contribution in [3.05, 3.63) is 0 Å². The second-order valence-electron chi connectivity index (χ2n) is 5.27. The third-order valence-corrected chi connectivity index (χ3v) is 4.38. The van der Waals surface area contributed by atoms with E-state index in [1.165, 1.54) is 45.6 Å². The highest BCUT2D eigenvalue weighted by Crippen LogP contribution is 2.36. The molecule has 0 aromatic rings. The summed E-state index contributed by atoms with van der Waals surface area (Å²) < 4.78 is 4.88. The molecule has 17 heavy (non-hydrogen) atoms. The first-order valence-electron chi connectivity index (χ1n) is 6.81. The average Bonchev–Trinajstić information content (AvgIpc) is 2.39. The standard InChI is InChI=1S/C13H24N2O2/c1-17-13(16)12(9-14)15-8-4-6-10-5-2-3-7-11(10)15/h10-12H,2-9,14H2,1H3/t10-,11-,12?/m1/s1. The van der Waals surface area contributed by atoms with E-state index in [1.807, 2.05) is 0 Å². The van der Waals surface area contributed by atoms with Gasteiger partial charge in [-0.05, 0) is 38.1 Å². The highest BCUT2D eigenvalue weighted by Gasteiger charge is 2.38. The lowest BCUT2D eigenvalue weighted by molar-refractivity contribution is -0.149. The molecule has 1 aliphatic heterocycles. The van der Waals surface area contributed by atoms with Gasteiger partial charge in [-0.3, -0.25) is 9.69 Å². The van der Waals surface area contributed by atoms with Crippen molar-refractivity contribution >= 4 is 5.97 Å². The summed E-state index contributed by atoms with van der Waals surface area (Å²) in [7, 11) is 1.45. The molecule has 4 nitrogen and oxygen atoms in total. The maximum atomic E-state index is 11.8. The second-order valence-corrected chi connectivity index (χ2v) is 5.27. The van der Waals surface area contributed by atoms with Crippen LogP contribution in [0.5, 0.6) is 0 Å². The van der Waals surface area contributed by atoms with E-state index in [0.717, 1.165) is 12.5 Å². The van der Waals surface area contributed by atoms with E-state index in [0.29, 0.717) is 12.6 Å². The van der Waals surface area contributed by atoms with Crippen molar-refractivity contribution in [2.24, 2.45) is 11.7 Å². The maximum Gasteiger partial charge on any atom is 0.324 e. The molecule has 2 aliphatic rings. The molecule has 0 radical (unpaired) electrons. The first-order valence-corrected chi connectivity index (χ1v) is 6.81. The number of carbonyl (C=O) groups is 1. The van der Waals surface area contributed by atoms with Gasteiger partial charge in [0.15, 0.2) is 0 Å². The highest BCUT2D eigenvalue weighted by molar-refractivity contribution is 5.76. The summed E-state index contributed by atoms with van der Waals surface area (Å²) in [5.41, 5.74) is 5.76. The summed E-state index contributed by atoms with van der Waals surface area (Å²) in [5.74, 6) is 0.606. The van der Waals surface area contributed by atoms with Crippen LogP contribution in [-0.4, -0.2) is 43.2 Å². The summed E-state index contributed by atoms with van der Waals surface area (Å²) in [6, 6.07) is 0.330. The lowest BCUT2D eigenvalue weighted by Crippen LogP contribution is -2.56. The number of likely N-dealkylation sites (tertiary alicyclic amines) is 1. The van der Waals surface area contributed by atoms with Crippen LogP contribution >= 0.6 is 0 Å². The van der Waals surface area contributed by atoms with Gasteiger partial charge in [0.25, 0.3) is 0 Å². The molecule has 98 valence electrons. The Hall–Kier alpha value is -0.610. The van der Waals surface area contributed by atoms with E-state index in [-0.39, 0.29) is 12.0 Å². The number of carbonyl (C=O) groups excluding carboxylic acids is 1. The van der Waals surface area contributed by atoms with E-state index in [4.69, 9.17) is 10.5 Å². The molecular formula is C13H24N2O2. The number of hydrogen-bond donors (Lipinski definition) is 1. The predicted octanol–water partition coefficient (Wildman–Crippen LogP) is 1.14. The van der Waals surface area contributed by atoms with Crippen molar-refractivity contribution in [3.8, 4) is 0 Å². The number of piperidine rings is 1. The van der Waals surface area contributed by atoms with Gasteiger partial charge in [0.2, 0.25) is 0 Å². The number of nitrogens with two attached hydrogens (primary N) is 1. The molecule has 2 fully saturated rings. The number of hydrogen-bond acceptors (Lipinski definition) is 4. The van der Waals surface area contributed by atoms with E-state index in [9.17, 15) is 4.79 Å². The Bertz CT molecular complexity index is 268. The Labute approximate surface area is 103 Å². The molecular weight excluding hydrogens is 216 g/mol. The minimum atomic E-state index is -0.231. The number of fused-ring (bicyclic) bond motifs is 1. The Morgan fingerprint density at radius 1 is 1.35 bits per heavy atom. The van der Waals surface area contributed by atoms with Gasteiger partial charge in [-0.25, -0.2) is 0 Å². The minimum Gasteiger partial charge on any atom is -0.468 e. The van der Waals surface area contributed by atoms with Crippen LogP contribution in [0.25, 0.3) is 0 Å². The number of ether oxygens (including phenoxy) is 1. The summed E-state index contributed by atoms with van der Waals surface area (Å²) in [5, 5.41) is 0. The van der Waals surface area contributed by atoms with Gasteiger partial charge in [0.1, 0.15) is 6.04 Å². The number of rotatable bonds is 3. The predicted molar refractivity (Wildman–Crippen MR) is 66.5 cm³/mol. The van der Waals surface area contributed by atoms with Gasteiger partial charge in [-0.1, -0.05) is 12.8 Å². The van der Waals surface area contributed by atoms with Crippen LogP contribution in [0.3, 0.4) is 0 Å². The fourth-order valence-corrected chi connectivity index (χ4v) is 3.55. The number of nitrogens with zero attached hydrogens (tertiary/aromatic N) is 1. The molecule has 2 rings (SSSR count). The molecule has 2 N–H and O–H groups in total. The van der Waals surface area contributed by atoms with Crippen LogP contribution in [0.15, 0.2) is 0 Å². The molecule has 1 aliphatic carbocycles. The quantitative estimate of drug-likeness (QED) is 0.752. The van der Waals surface area contributed by atoms with Gasteiger partial charge in [-0.15, -0.1) is 0 Å². The summed E-state index contributed by atoms with van der Waals surface area (Å²) in [4.78, 5) is 14.1. The third-order valence-electron chi connectivity index (χ3n) is 4.38. The van der Waals surface area contributed by atoms with Gasteiger partial charge in [0.05, 0.1) is 7.11 Å². The molecule has 1 heterocycles. The molecule has 1 saturated heterocycles. The zero-order valence-electron chi connectivity index (χ0n) is 10.7. The van der Waals surface area contributed by atoms with Gasteiger partial charge >= 0.3 is 5.97 Å². The summed E-state index contributed by atoms with van der Waals surface area (Å²) in [6.45, 7) is 1.37. The van der Waals surface area contributed by atoms with Crippen molar-refractivity contribution in [2.45, 2.75) is 50.6 Å². The minimum absolute atomic E-state index is 0.168. The highest BCUT2D eigenvalue weighted by atomic mass is 16.5. The van der Waals surface area contributed by atoms with Gasteiger partial charge in [-0.2, -0.15) is 0 Å². The number of esters is 1. The lowest BCUT2D eigenvalue weighted by Gasteiger charge is -2.46. The largest absolute Gasteiger partial charge is 0.468 e. The van der Waals surface area contributed by atoms with Crippen molar-refractivity contribution < 1.29 is 9.53 Å². The molecule has 1 saturated carbocycles. The van der Waals surface area contributed by atoms with E-state index in [1.54, 1.807) is 0 Å². The Kier molecular flexibility index (Phi) is 4.40. The average molecular weight is 240 g/mol. The second kappa shape index (κ2) is 5.83. The zero-order valence-corrected chi connectivity index (χ0v) is 10.7. The molecule has 0 bridgehead atoms. The third kappa shape index (κ3) is 2.63. The van der Waals surface area contributed by atoms with Crippen molar-refractivity contribution in [2.75, 3.05) is 20.2 Å². The molecule has 0 spiro atoms. The zero-order chi connectivity index (χ0) is 12.3. The van der Waals surface area contributed by atoms with Crippen molar-refractivity contribution in [3.63, 3.8) is 0 Å². The first-order chi connectivity index (χ1) is 8.27. The van der Waals surface area contributed by atoms with E-state index in [2.05, 4.69) is 4.90 Å². The maximum absolute atomic E-state index is 11.8. The van der Waals surface area contributed by atoms with Crippen LogP contribution in [0.2, 0.25) is 0 Å². The van der Waals surface area contributed by atoms with Crippen LogP contribution in [0, 0.1) is 5.92 Å². The molecule has 0 amide bonds. The SMILES string of the molecule is COC(=O)C(CN)N1CCC[C@H]2CCCC[C@H]21. The van der Waals surface area contributed by atoms with Gasteiger partial charge < -0.3 is 10.5 Å². The Morgan fingerprint density at radius 2 is 2.06 bits per heavy atom. The van der Waals surface area contributed by atoms with Gasteiger partial charge in [0, 0.05) is 12.6 Å². The van der Waals surface area contributed by atoms with Crippen LogP contribution in [0.1, 0.15) is 38.5 Å². The van der Waals surface area contributed by atoms with Crippen molar-refractivity contribution in [1.29, 1.82) is 0 Å². The Morgan fingerprint density at radius 3 is 2.76 bits per heavy atom. The monoisotopic (exact) mass is 240 g/mol. The topological polar surface area (TPSA) is 55.6 Å². The van der Waals surface area contributed by atoms with E-state index < -0.39 is 0 Å². The van der Waals surface area contributed by atoms with Crippen LogP contribution in [0.4, 0.5) is 0 Å². The fraction of sp³-hybridized carbons (Fsp3) is 0.923. The summed E-state index contributed by atoms with van der Waals surface area (Å²) in [6.07, 6.45) is 7.68. The molecule has 0 aromatic carbocycles. The normalized spacial score (nSPS) is 31.6. The first kappa shape index (κ1) is 12.8. The molecule has 3 atom stereocenters. The number of methoxy groups -OCH3 is 1. The fourth-order valence-electron chi connectivity index (χ4n) is 3.55. The molecule has 4 heteroatoms. The van der Waals surface area contributed by atoms with Crippen LogP contribution in [-0.2, 0) is 9.53 Å².